The van der Waals surface area contributed by atoms with Gasteiger partial charge in [-0.15, -0.1) is 0 Å². The molecule has 0 aromatic heterocycles. The van der Waals surface area contributed by atoms with Crippen LogP contribution in [0.15, 0.2) is 36.4 Å². The van der Waals surface area contributed by atoms with E-state index in [2.05, 4.69) is 64.1 Å². The third kappa shape index (κ3) is 2.56. The van der Waals surface area contributed by atoms with Crippen molar-refractivity contribution in [3.63, 3.8) is 0 Å². The molecule has 0 aliphatic heterocycles. The SMILES string of the molecule is Cc1cc(C)cc(-c2ccc(C(C)C)c(N)c2)c1. The van der Waals surface area contributed by atoms with Crippen molar-refractivity contribution in [1.29, 1.82) is 0 Å². The summed E-state index contributed by atoms with van der Waals surface area (Å²) in [5, 5.41) is 0. The molecule has 0 saturated heterocycles. The number of rotatable bonds is 2. The van der Waals surface area contributed by atoms with Crippen LogP contribution in [0, 0.1) is 13.8 Å². The molecule has 0 aliphatic carbocycles. The highest BCUT2D eigenvalue weighted by Crippen LogP contribution is 2.29. The molecule has 0 heterocycles. The van der Waals surface area contributed by atoms with Crippen LogP contribution >= 0.6 is 0 Å². The van der Waals surface area contributed by atoms with E-state index >= 15 is 0 Å². The Hall–Kier alpha value is -1.76. The second-order valence-corrected chi connectivity index (χ2v) is 5.37. The van der Waals surface area contributed by atoms with Crippen LogP contribution in [-0.2, 0) is 0 Å². The van der Waals surface area contributed by atoms with Crippen LogP contribution in [-0.4, -0.2) is 0 Å². The van der Waals surface area contributed by atoms with Crippen LogP contribution in [0.1, 0.15) is 36.5 Å². The summed E-state index contributed by atoms with van der Waals surface area (Å²) >= 11 is 0. The van der Waals surface area contributed by atoms with Gasteiger partial charge in [-0.25, -0.2) is 0 Å². The minimum atomic E-state index is 0.471. The van der Waals surface area contributed by atoms with Crippen LogP contribution in [0.2, 0.25) is 0 Å². The summed E-state index contributed by atoms with van der Waals surface area (Å²) in [5.74, 6) is 0.471. The molecule has 2 aromatic carbocycles. The highest BCUT2D eigenvalue weighted by molar-refractivity contribution is 5.70. The van der Waals surface area contributed by atoms with Gasteiger partial charge in [-0.3, -0.25) is 0 Å². The molecule has 2 aromatic rings. The standard InChI is InChI=1S/C17H21N/c1-11(2)16-6-5-14(10-17(16)18)15-8-12(3)7-13(4)9-15/h5-11H,18H2,1-4H3. The minimum absolute atomic E-state index is 0.471. The fourth-order valence-electron chi connectivity index (χ4n) is 2.42. The van der Waals surface area contributed by atoms with E-state index < -0.39 is 0 Å². The van der Waals surface area contributed by atoms with E-state index in [-0.39, 0.29) is 0 Å². The van der Waals surface area contributed by atoms with Gasteiger partial charge in [0.2, 0.25) is 0 Å². The molecule has 0 fully saturated rings. The average Bonchev–Trinajstić information content (AvgIpc) is 2.26. The first kappa shape index (κ1) is 12.7. The van der Waals surface area contributed by atoms with E-state index in [0.29, 0.717) is 5.92 Å². The van der Waals surface area contributed by atoms with Crippen molar-refractivity contribution >= 4 is 5.69 Å². The van der Waals surface area contributed by atoms with Gasteiger partial charge in [0.15, 0.2) is 0 Å². The summed E-state index contributed by atoms with van der Waals surface area (Å²) in [7, 11) is 0. The normalized spacial score (nSPS) is 10.9. The number of nitrogen functional groups attached to an aromatic ring is 1. The van der Waals surface area contributed by atoms with Crippen molar-refractivity contribution < 1.29 is 0 Å². The maximum atomic E-state index is 6.14. The number of anilines is 1. The number of benzene rings is 2. The maximum absolute atomic E-state index is 6.14. The summed E-state index contributed by atoms with van der Waals surface area (Å²) in [4.78, 5) is 0. The zero-order chi connectivity index (χ0) is 13.3. The van der Waals surface area contributed by atoms with E-state index in [4.69, 9.17) is 5.73 Å². The summed E-state index contributed by atoms with van der Waals surface area (Å²) in [6.07, 6.45) is 0. The van der Waals surface area contributed by atoms with E-state index in [1.165, 1.54) is 27.8 Å². The fraction of sp³-hybridized carbons (Fsp3) is 0.294. The van der Waals surface area contributed by atoms with Gasteiger partial charge >= 0.3 is 0 Å². The molecular formula is C17H21N. The van der Waals surface area contributed by atoms with E-state index in [0.717, 1.165) is 5.69 Å². The van der Waals surface area contributed by atoms with Gasteiger partial charge in [-0.05, 0) is 42.5 Å². The Balaban J connectivity index is 2.48. The predicted octanol–water partition coefficient (Wildman–Crippen LogP) is 4.68. The van der Waals surface area contributed by atoms with E-state index in [9.17, 15) is 0 Å². The molecule has 0 saturated carbocycles. The number of nitrogens with two attached hydrogens (primary N) is 1. The highest BCUT2D eigenvalue weighted by Gasteiger charge is 2.06. The number of aryl methyl sites for hydroxylation is 2. The van der Waals surface area contributed by atoms with Crippen LogP contribution in [0.5, 0.6) is 0 Å². The average molecular weight is 239 g/mol. The largest absolute Gasteiger partial charge is 0.398 e. The highest BCUT2D eigenvalue weighted by atomic mass is 14.6. The van der Waals surface area contributed by atoms with Crippen molar-refractivity contribution in [3.05, 3.63) is 53.1 Å². The Kier molecular flexibility index (Phi) is 3.42. The summed E-state index contributed by atoms with van der Waals surface area (Å²) in [6, 6.07) is 13.0. The van der Waals surface area contributed by atoms with Gasteiger partial charge in [0.1, 0.15) is 0 Å². The molecule has 0 atom stereocenters. The molecule has 0 spiro atoms. The van der Waals surface area contributed by atoms with Gasteiger partial charge in [0.05, 0.1) is 0 Å². The Labute approximate surface area is 110 Å². The van der Waals surface area contributed by atoms with Crippen LogP contribution < -0.4 is 5.73 Å². The first-order chi connectivity index (χ1) is 8.47. The molecule has 94 valence electrons. The second kappa shape index (κ2) is 4.85. The molecule has 1 heteroatoms. The van der Waals surface area contributed by atoms with Crippen molar-refractivity contribution in [2.75, 3.05) is 5.73 Å². The smallest absolute Gasteiger partial charge is 0.0355 e. The second-order valence-electron chi connectivity index (χ2n) is 5.37. The molecule has 0 amide bonds. The molecule has 18 heavy (non-hydrogen) atoms. The van der Waals surface area contributed by atoms with Crippen LogP contribution in [0.3, 0.4) is 0 Å². The third-order valence-corrected chi connectivity index (χ3v) is 3.26. The van der Waals surface area contributed by atoms with Crippen molar-refractivity contribution in [2.24, 2.45) is 0 Å². The van der Waals surface area contributed by atoms with Crippen molar-refractivity contribution in [2.45, 2.75) is 33.6 Å². The lowest BCUT2D eigenvalue weighted by Gasteiger charge is -2.12. The monoisotopic (exact) mass is 239 g/mol. The zero-order valence-corrected chi connectivity index (χ0v) is 11.6. The van der Waals surface area contributed by atoms with Crippen molar-refractivity contribution in [3.8, 4) is 11.1 Å². The zero-order valence-electron chi connectivity index (χ0n) is 11.6. The predicted molar refractivity (Wildman–Crippen MR) is 79.9 cm³/mol. The molecule has 0 unspecified atom stereocenters. The lowest BCUT2D eigenvalue weighted by atomic mass is 9.95. The molecule has 1 nitrogen and oxygen atoms in total. The quantitative estimate of drug-likeness (QED) is 0.757. The number of hydrogen-bond acceptors (Lipinski definition) is 1. The van der Waals surface area contributed by atoms with Gasteiger partial charge in [0.25, 0.3) is 0 Å². The van der Waals surface area contributed by atoms with Crippen molar-refractivity contribution in [1.82, 2.24) is 0 Å². The summed E-state index contributed by atoms with van der Waals surface area (Å²) < 4.78 is 0. The van der Waals surface area contributed by atoms with Gasteiger partial charge in [-0.1, -0.05) is 55.3 Å². The molecule has 0 aliphatic rings. The lowest BCUT2D eigenvalue weighted by Crippen LogP contribution is -1.96. The number of hydrogen-bond donors (Lipinski definition) is 1. The molecule has 2 rings (SSSR count). The molecule has 0 radical (unpaired) electrons. The first-order valence-corrected chi connectivity index (χ1v) is 6.45. The fourth-order valence-corrected chi connectivity index (χ4v) is 2.42. The van der Waals surface area contributed by atoms with Gasteiger partial charge < -0.3 is 5.73 Å². The maximum Gasteiger partial charge on any atom is 0.0355 e. The molecule has 2 N–H and O–H groups in total. The Morgan fingerprint density at radius 1 is 0.833 bits per heavy atom. The Morgan fingerprint density at radius 2 is 1.44 bits per heavy atom. The van der Waals surface area contributed by atoms with Gasteiger partial charge in [-0.2, -0.15) is 0 Å². The lowest BCUT2D eigenvalue weighted by molar-refractivity contribution is 0.870. The van der Waals surface area contributed by atoms with Gasteiger partial charge in [0, 0.05) is 5.69 Å². The van der Waals surface area contributed by atoms with E-state index in [1.807, 2.05) is 0 Å². The first-order valence-electron chi connectivity index (χ1n) is 6.45. The summed E-state index contributed by atoms with van der Waals surface area (Å²) in [5.41, 5.74) is 13.3. The Bertz CT molecular complexity index is 548. The third-order valence-electron chi connectivity index (χ3n) is 3.26. The Morgan fingerprint density at radius 3 is 1.94 bits per heavy atom. The van der Waals surface area contributed by atoms with E-state index in [1.54, 1.807) is 0 Å². The minimum Gasteiger partial charge on any atom is -0.398 e. The topological polar surface area (TPSA) is 26.0 Å². The molecule has 0 bridgehead atoms. The summed E-state index contributed by atoms with van der Waals surface area (Å²) in [6.45, 7) is 8.59. The van der Waals surface area contributed by atoms with Crippen LogP contribution in [0.25, 0.3) is 11.1 Å². The molecular weight excluding hydrogens is 218 g/mol. The van der Waals surface area contributed by atoms with Crippen LogP contribution in [0.4, 0.5) is 5.69 Å².